The van der Waals surface area contributed by atoms with Crippen molar-refractivity contribution in [3.63, 3.8) is 0 Å². The Bertz CT molecular complexity index is 912. The molecule has 0 aliphatic rings. The summed E-state index contributed by atoms with van der Waals surface area (Å²) in [6.07, 6.45) is -4.29. The molecule has 142 valence electrons. The molecule has 0 fully saturated rings. The predicted molar refractivity (Wildman–Crippen MR) is 90.4 cm³/mol. The van der Waals surface area contributed by atoms with Gasteiger partial charge in [-0.2, -0.15) is 11.3 Å². The summed E-state index contributed by atoms with van der Waals surface area (Å²) in [5.41, 5.74) is 0.784. The molecule has 0 saturated heterocycles. The van der Waals surface area contributed by atoms with Crippen LogP contribution >= 0.6 is 11.3 Å². The molecule has 0 aliphatic carbocycles. The second-order valence-electron chi connectivity index (χ2n) is 5.43. The fourth-order valence-electron chi connectivity index (χ4n) is 2.20. The van der Waals surface area contributed by atoms with Gasteiger partial charge in [-0.1, -0.05) is 11.3 Å². The highest BCUT2D eigenvalue weighted by Crippen LogP contribution is 2.25. The lowest BCUT2D eigenvalue weighted by molar-refractivity contribution is -0.274. The lowest BCUT2D eigenvalue weighted by atomic mass is 10.2. The summed E-state index contributed by atoms with van der Waals surface area (Å²) in [6, 6.07) is 6.65. The standard InChI is InChI=1S/C16H13F3N4O3S/c17-16(18,19)26-12-3-1-2-11(6-12)20-15(25)13-7-23(22-21-13)8-14(24)10-4-5-27-9-10/h1-7,9,14,24H,8H2,(H,20,25)/t14-/m1/s1. The van der Waals surface area contributed by atoms with Gasteiger partial charge in [0.1, 0.15) is 5.75 Å². The van der Waals surface area contributed by atoms with E-state index in [1.807, 2.05) is 5.38 Å². The summed E-state index contributed by atoms with van der Waals surface area (Å²) in [6.45, 7) is 0.103. The molecular weight excluding hydrogens is 385 g/mol. The first kappa shape index (κ1) is 18.9. The maximum absolute atomic E-state index is 12.3. The molecule has 7 nitrogen and oxygen atoms in total. The van der Waals surface area contributed by atoms with Gasteiger partial charge in [0.05, 0.1) is 18.8 Å². The Hall–Kier alpha value is -2.92. The number of aliphatic hydroxyl groups is 1. The number of hydrogen-bond donors (Lipinski definition) is 2. The molecule has 1 aromatic carbocycles. The molecule has 3 rings (SSSR count). The Morgan fingerprint density at radius 2 is 2.19 bits per heavy atom. The van der Waals surface area contributed by atoms with Crippen LogP contribution in [0.15, 0.2) is 47.3 Å². The smallest absolute Gasteiger partial charge is 0.406 e. The summed E-state index contributed by atoms with van der Waals surface area (Å²) in [4.78, 5) is 12.2. The molecular formula is C16H13F3N4O3S. The van der Waals surface area contributed by atoms with Crippen LogP contribution in [0.3, 0.4) is 0 Å². The Morgan fingerprint density at radius 1 is 1.37 bits per heavy atom. The Kier molecular flexibility index (Phi) is 5.42. The van der Waals surface area contributed by atoms with E-state index in [1.54, 1.807) is 11.4 Å². The summed E-state index contributed by atoms with van der Waals surface area (Å²) in [7, 11) is 0. The highest BCUT2D eigenvalue weighted by molar-refractivity contribution is 7.07. The second-order valence-corrected chi connectivity index (χ2v) is 6.21. The number of alkyl halides is 3. The van der Waals surface area contributed by atoms with Gasteiger partial charge in [-0.3, -0.25) is 4.79 Å². The average Bonchev–Trinajstić information content (AvgIpc) is 3.25. The third-order valence-corrected chi connectivity index (χ3v) is 4.09. The minimum absolute atomic E-state index is 0.0466. The third kappa shape index (κ3) is 5.28. The van der Waals surface area contributed by atoms with E-state index in [0.717, 1.165) is 17.7 Å². The van der Waals surface area contributed by atoms with Crippen molar-refractivity contribution < 1.29 is 27.8 Å². The van der Waals surface area contributed by atoms with Crippen molar-refractivity contribution in [1.29, 1.82) is 0 Å². The van der Waals surface area contributed by atoms with E-state index in [1.165, 1.54) is 34.3 Å². The SMILES string of the molecule is O=C(Nc1cccc(OC(F)(F)F)c1)c1cn(C[C@@H](O)c2ccsc2)nn1. The van der Waals surface area contributed by atoms with Crippen LogP contribution in [0, 0.1) is 0 Å². The number of aliphatic hydroxyl groups excluding tert-OH is 1. The van der Waals surface area contributed by atoms with Crippen LogP contribution in [0.25, 0.3) is 0 Å². The summed E-state index contributed by atoms with van der Waals surface area (Å²) < 4.78 is 41.9. The average molecular weight is 398 g/mol. The maximum atomic E-state index is 12.3. The number of ether oxygens (including phenoxy) is 1. The lowest BCUT2D eigenvalue weighted by Crippen LogP contribution is -2.17. The number of carbonyl (C=O) groups is 1. The first-order valence-electron chi connectivity index (χ1n) is 7.57. The van der Waals surface area contributed by atoms with Gasteiger partial charge in [-0.15, -0.1) is 18.3 Å². The van der Waals surface area contributed by atoms with Crippen molar-refractivity contribution in [1.82, 2.24) is 15.0 Å². The fraction of sp³-hybridized carbons (Fsp3) is 0.188. The van der Waals surface area contributed by atoms with E-state index in [9.17, 15) is 23.1 Å². The minimum atomic E-state index is -4.82. The lowest BCUT2D eigenvalue weighted by Gasteiger charge is -2.10. The topological polar surface area (TPSA) is 89.3 Å². The van der Waals surface area contributed by atoms with Crippen molar-refractivity contribution in [3.05, 3.63) is 58.5 Å². The Balaban J connectivity index is 1.63. The number of anilines is 1. The van der Waals surface area contributed by atoms with E-state index in [2.05, 4.69) is 20.4 Å². The minimum Gasteiger partial charge on any atom is -0.406 e. The maximum Gasteiger partial charge on any atom is 0.573 e. The molecule has 0 radical (unpaired) electrons. The van der Waals surface area contributed by atoms with Crippen LogP contribution in [-0.4, -0.2) is 32.4 Å². The molecule has 3 aromatic rings. The monoisotopic (exact) mass is 398 g/mol. The summed E-state index contributed by atoms with van der Waals surface area (Å²) in [5, 5.41) is 23.6. The van der Waals surface area contributed by atoms with E-state index in [4.69, 9.17) is 0 Å². The van der Waals surface area contributed by atoms with Crippen LogP contribution in [0.5, 0.6) is 5.75 Å². The van der Waals surface area contributed by atoms with Gasteiger partial charge in [0.15, 0.2) is 5.69 Å². The van der Waals surface area contributed by atoms with Crippen molar-refractivity contribution in [2.24, 2.45) is 0 Å². The van der Waals surface area contributed by atoms with Crippen LogP contribution in [0.2, 0.25) is 0 Å². The molecule has 2 heterocycles. The van der Waals surface area contributed by atoms with Gasteiger partial charge < -0.3 is 15.2 Å². The van der Waals surface area contributed by atoms with Crippen molar-refractivity contribution in [2.75, 3.05) is 5.32 Å². The molecule has 0 spiro atoms. The number of halogens is 3. The predicted octanol–water partition coefficient (Wildman–Crippen LogP) is 3.22. The zero-order valence-electron chi connectivity index (χ0n) is 13.6. The van der Waals surface area contributed by atoms with E-state index >= 15 is 0 Å². The van der Waals surface area contributed by atoms with Crippen molar-refractivity contribution >= 4 is 22.9 Å². The number of carbonyl (C=O) groups excluding carboxylic acids is 1. The van der Waals surface area contributed by atoms with Gasteiger partial charge in [0, 0.05) is 11.8 Å². The van der Waals surface area contributed by atoms with Gasteiger partial charge in [-0.25, -0.2) is 4.68 Å². The molecule has 2 N–H and O–H groups in total. The Morgan fingerprint density at radius 3 is 2.89 bits per heavy atom. The van der Waals surface area contributed by atoms with Crippen molar-refractivity contribution in [2.45, 2.75) is 19.0 Å². The number of aromatic nitrogens is 3. The molecule has 2 aromatic heterocycles. The number of hydrogen-bond acceptors (Lipinski definition) is 6. The van der Waals surface area contributed by atoms with Gasteiger partial charge in [0.2, 0.25) is 0 Å². The summed E-state index contributed by atoms with van der Waals surface area (Å²) >= 11 is 1.44. The van der Waals surface area contributed by atoms with E-state index < -0.39 is 24.1 Å². The highest BCUT2D eigenvalue weighted by Gasteiger charge is 2.31. The first-order valence-corrected chi connectivity index (χ1v) is 8.52. The number of nitrogens with zero attached hydrogens (tertiary/aromatic N) is 3. The number of nitrogens with one attached hydrogen (secondary N) is 1. The van der Waals surface area contributed by atoms with Crippen LogP contribution in [0.4, 0.5) is 18.9 Å². The summed E-state index contributed by atoms with van der Waals surface area (Å²) in [5.74, 6) is -1.11. The molecule has 0 saturated carbocycles. The molecule has 27 heavy (non-hydrogen) atoms. The molecule has 0 aliphatic heterocycles. The van der Waals surface area contributed by atoms with Gasteiger partial charge in [-0.05, 0) is 34.5 Å². The van der Waals surface area contributed by atoms with Crippen LogP contribution < -0.4 is 10.1 Å². The largest absolute Gasteiger partial charge is 0.573 e. The number of rotatable bonds is 6. The fourth-order valence-corrected chi connectivity index (χ4v) is 2.91. The molecule has 1 amide bonds. The highest BCUT2D eigenvalue weighted by atomic mass is 32.1. The second kappa shape index (κ2) is 7.76. The molecule has 0 unspecified atom stereocenters. The third-order valence-electron chi connectivity index (χ3n) is 3.38. The quantitative estimate of drug-likeness (QED) is 0.666. The molecule has 1 atom stereocenters. The van der Waals surface area contributed by atoms with Crippen LogP contribution in [0.1, 0.15) is 22.2 Å². The van der Waals surface area contributed by atoms with Crippen molar-refractivity contribution in [3.8, 4) is 5.75 Å². The zero-order valence-corrected chi connectivity index (χ0v) is 14.4. The number of benzene rings is 1. The molecule has 0 bridgehead atoms. The zero-order chi connectivity index (χ0) is 19.4. The van der Waals surface area contributed by atoms with Gasteiger partial charge in [0.25, 0.3) is 5.91 Å². The number of amides is 1. The molecule has 11 heteroatoms. The van der Waals surface area contributed by atoms with Gasteiger partial charge >= 0.3 is 6.36 Å². The van der Waals surface area contributed by atoms with E-state index in [-0.39, 0.29) is 17.9 Å². The number of thiophene rings is 1. The van der Waals surface area contributed by atoms with E-state index in [0.29, 0.717) is 0 Å². The normalized spacial score (nSPS) is 12.6. The Labute approximate surface area is 155 Å². The first-order chi connectivity index (χ1) is 12.8. The van der Waals surface area contributed by atoms with Crippen LogP contribution in [-0.2, 0) is 6.54 Å².